The highest BCUT2D eigenvalue weighted by Crippen LogP contribution is 2.33. The third-order valence-corrected chi connectivity index (χ3v) is 4.80. The maximum absolute atomic E-state index is 13.6. The molecule has 6 nitrogen and oxygen atoms in total. The number of methoxy groups -OCH3 is 2. The molecule has 0 unspecified atom stereocenters. The molecule has 3 aromatic rings. The molecule has 0 bridgehead atoms. The van der Waals surface area contributed by atoms with Crippen molar-refractivity contribution in [2.45, 2.75) is 19.8 Å². The van der Waals surface area contributed by atoms with Gasteiger partial charge in [-0.3, -0.25) is 4.79 Å². The second kappa shape index (κ2) is 8.77. The predicted molar refractivity (Wildman–Crippen MR) is 107 cm³/mol. The molecule has 0 aliphatic rings. The largest absolute Gasteiger partial charge is 0.493 e. The Morgan fingerprint density at radius 3 is 2.52 bits per heavy atom. The van der Waals surface area contributed by atoms with Crippen molar-refractivity contribution in [1.82, 2.24) is 5.32 Å². The van der Waals surface area contributed by atoms with Gasteiger partial charge in [0.2, 0.25) is 5.91 Å². The van der Waals surface area contributed by atoms with Gasteiger partial charge in [-0.15, -0.1) is 0 Å². The van der Waals surface area contributed by atoms with Crippen LogP contribution in [0, 0.1) is 12.7 Å². The molecule has 1 N–H and O–H groups in total. The molecule has 152 valence electrons. The van der Waals surface area contributed by atoms with Crippen molar-refractivity contribution in [3.8, 4) is 11.5 Å². The number of hydrogen-bond donors (Lipinski definition) is 1. The zero-order valence-corrected chi connectivity index (χ0v) is 16.5. The van der Waals surface area contributed by atoms with Gasteiger partial charge < -0.3 is 19.2 Å². The fraction of sp³-hybridized carbons (Fsp3) is 0.273. The third-order valence-electron chi connectivity index (χ3n) is 4.80. The monoisotopic (exact) mass is 399 g/mol. The quantitative estimate of drug-likeness (QED) is 0.618. The minimum absolute atomic E-state index is 0.129. The molecule has 1 aromatic heterocycles. The maximum atomic E-state index is 13.6. The number of fused-ring (bicyclic) bond motifs is 1. The first-order valence-electron chi connectivity index (χ1n) is 9.13. The molecule has 0 saturated carbocycles. The molecule has 0 fully saturated rings. The zero-order chi connectivity index (χ0) is 21.0. The van der Waals surface area contributed by atoms with Crippen molar-refractivity contribution in [2.75, 3.05) is 20.8 Å². The van der Waals surface area contributed by atoms with Crippen molar-refractivity contribution < 1.29 is 23.1 Å². The van der Waals surface area contributed by atoms with Crippen molar-refractivity contribution >= 4 is 16.9 Å². The van der Waals surface area contributed by atoms with Gasteiger partial charge in [-0.1, -0.05) is 18.2 Å². The standard InChI is InChI=1S/C22H22FNO5/c1-13-15-10-19(27-2)20(28-3)12-18(15)29-22(26)16(13)11-21(25)24-9-8-14-6-4-5-7-17(14)23/h4-7,10,12H,8-9,11H2,1-3H3,(H,24,25). The maximum Gasteiger partial charge on any atom is 0.340 e. The number of rotatable bonds is 7. The molecular weight excluding hydrogens is 377 g/mol. The Hall–Kier alpha value is -3.35. The molecule has 3 rings (SSSR count). The van der Waals surface area contributed by atoms with Gasteiger partial charge in [-0.05, 0) is 36.6 Å². The van der Waals surface area contributed by atoms with E-state index in [0.717, 1.165) is 0 Å². The normalized spacial score (nSPS) is 10.8. The number of aryl methyl sites for hydroxylation is 1. The fourth-order valence-electron chi connectivity index (χ4n) is 3.18. The van der Waals surface area contributed by atoms with Gasteiger partial charge in [-0.2, -0.15) is 0 Å². The first-order valence-corrected chi connectivity index (χ1v) is 9.13. The molecule has 2 aromatic carbocycles. The molecule has 29 heavy (non-hydrogen) atoms. The zero-order valence-electron chi connectivity index (χ0n) is 16.5. The number of ether oxygens (including phenoxy) is 2. The lowest BCUT2D eigenvalue weighted by Gasteiger charge is -2.12. The molecule has 0 spiro atoms. The topological polar surface area (TPSA) is 77.8 Å². The summed E-state index contributed by atoms with van der Waals surface area (Å²) >= 11 is 0. The van der Waals surface area contributed by atoms with Crippen LogP contribution in [0.4, 0.5) is 4.39 Å². The minimum Gasteiger partial charge on any atom is -0.493 e. The summed E-state index contributed by atoms with van der Waals surface area (Å²) in [6, 6.07) is 9.71. The molecule has 0 saturated heterocycles. The summed E-state index contributed by atoms with van der Waals surface area (Å²) in [4.78, 5) is 24.7. The third kappa shape index (κ3) is 4.39. The van der Waals surface area contributed by atoms with Crippen LogP contribution < -0.4 is 20.4 Å². The smallest absolute Gasteiger partial charge is 0.340 e. The molecule has 1 heterocycles. The van der Waals surface area contributed by atoms with Gasteiger partial charge in [0.25, 0.3) is 0 Å². The average Bonchev–Trinajstić information content (AvgIpc) is 2.71. The summed E-state index contributed by atoms with van der Waals surface area (Å²) in [6.07, 6.45) is 0.233. The lowest BCUT2D eigenvalue weighted by atomic mass is 10.0. The number of amides is 1. The van der Waals surface area contributed by atoms with E-state index in [1.54, 1.807) is 37.3 Å². The summed E-state index contributed by atoms with van der Waals surface area (Å²) in [5.74, 6) is 0.298. The second-order valence-corrected chi connectivity index (χ2v) is 6.56. The van der Waals surface area contributed by atoms with Crippen LogP contribution in [0.3, 0.4) is 0 Å². The van der Waals surface area contributed by atoms with Gasteiger partial charge in [0.1, 0.15) is 11.4 Å². The Balaban J connectivity index is 1.77. The van der Waals surface area contributed by atoms with Gasteiger partial charge in [0.15, 0.2) is 11.5 Å². The molecular formula is C22H22FNO5. The van der Waals surface area contributed by atoms with Crippen molar-refractivity contribution in [1.29, 1.82) is 0 Å². The SMILES string of the molecule is COc1cc2oc(=O)c(CC(=O)NCCc3ccccc3F)c(C)c2cc1OC. The summed E-state index contributed by atoms with van der Waals surface area (Å²) in [6.45, 7) is 2.02. The molecule has 7 heteroatoms. The number of halogens is 1. The van der Waals surface area contributed by atoms with Crippen LogP contribution in [0.2, 0.25) is 0 Å². The van der Waals surface area contributed by atoms with Crippen LogP contribution in [0.25, 0.3) is 11.0 Å². The van der Waals surface area contributed by atoms with Crippen LogP contribution in [-0.2, 0) is 17.6 Å². The van der Waals surface area contributed by atoms with Crippen LogP contribution in [0.5, 0.6) is 11.5 Å². The van der Waals surface area contributed by atoms with E-state index in [1.807, 2.05) is 0 Å². The van der Waals surface area contributed by atoms with Gasteiger partial charge in [0, 0.05) is 18.0 Å². The van der Waals surface area contributed by atoms with E-state index in [0.29, 0.717) is 40.0 Å². The van der Waals surface area contributed by atoms with E-state index in [9.17, 15) is 14.0 Å². The summed E-state index contributed by atoms with van der Waals surface area (Å²) in [5.41, 5.74) is 1.21. The molecule has 0 aliphatic heterocycles. The highest BCUT2D eigenvalue weighted by molar-refractivity contribution is 5.86. The van der Waals surface area contributed by atoms with Crippen molar-refractivity contribution in [2.24, 2.45) is 0 Å². The summed E-state index contributed by atoms with van der Waals surface area (Å²) in [5, 5.41) is 3.38. The van der Waals surface area contributed by atoms with E-state index in [2.05, 4.69) is 5.32 Å². The minimum atomic E-state index is -0.577. The number of benzene rings is 2. The predicted octanol–water partition coefficient (Wildman–Crippen LogP) is 3.16. The number of carbonyl (C=O) groups excluding carboxylic acids is 1. The van der Waals surface area contributed by atoms with Gasteiger partial charge in [-0.25, -0.2) is 9.18 Å². The Kier molecular flexibility index (Phi) is 6.16. The first kappa shape index (κ1) is 20.4. The lowest BCUT2D eigenvalue weighted by molar-refractivity contribution is -0.120. The number of carbonyl (C=O) groups is 1. The van der Waals surface area contributed by atoms with Crippen LogP contribution in [-0.4, -0.2) is 26.7 Å². The van der Waals surface area contributed by atoms with Gasteiger partial charge in [0.05, 0.1) is 26.2 Å². The van der Waals surface area contributed by atoms with Crippen LogP contribution >= 0.6 is 0 Å². The number of nitrogens with one attached hydrogen (secondary N) is 1. The molecule has 0 radical (unpaired) electrons. The number of hydrogen-bond acceptors (Lipinski definition) is 5. The Labute approximate surface area is 167 Å². The van der Waals surface area contributed by atoms with Crippen molar-refractivity contribution in [3.63, 3.8) is 0 Å². The van der Waals surface area contributed by atoms with E-state index in [1.165, 1.54) is 20.3 Å². The summed E-state index contributed by atoms with van der Waals surface area (Å²) < 4.78 is 29.6. The Bertz CT molecular complexity index is 1110. The van der Waals surface area contributed by atoms with Gasteiger partial charge >= 0.3 is 5.63 Å². The highest BCUT2D eigenvalue weighted by atomic mass is 19.1. The van der Waals surface area contributed by atoms with Crippen LogP contribution in [0.1, 0.15) is 16.7 Å². The lowest BCUT2D eigenvalue weighted by Crippen LogP contribution is -2.29. The fourth-order valence-corrected chi connectivity index (χ4v) is 3.18. The second-order valence-electron chi connectivity index (χ2n) is 6.56. The van der Waals surface area contributed by atoms with Crippen molar-refractivity contribution in [3.05, 3.63) is 69.3 Å². The molecule has 1 amide bonds. The Morgan fingerprint density at radius 1 is 1.14 bits per heavy atom. The first-order chi connectivity index (χ1) is 13.9. The van der Waals surface area contributed by atoms with Crippen LogP contribution in [0.15, 0.2) is 45.6 Å². The highest BCUT2D eigenvalue weighted by Gasteiger charge is 2.17. The van der Waals surface area contributed by atoms with E-state index < -0.39 is 5.63 Å². The Morgan fingerprint density at radius 2 is 1.83 bits per heavy atom. The molecule has 0 aliphatic carbocycles. The average molecular weight is 399 g/mol. The summed E-state index contributed by atoms with van der Waals surface area (Å²) in [7, 11) is 3.01. The van der Waals surface area contributed by atoms with E-state index in [-0.39, 0.29) is 30.3 Å². The van der Waals surface area contributed by atoms with E-state index in [4.69, 9.17) is 13.9 Å². The van der Waals surface area contributed by atoms with E-state index >= 15 is 0 Å². The molecule has 0 atom stereocenters.